The molecule has 3 rings (SSSR count). The molecule has 186 valence electrons. The summed E-state index contributed by atoms with van der Waals surface area (Å²) in [6.45, 7) is 5.23. The normalized spacial score (nSPS) is 11.3. The number of rotatable bonds is 10. The second-order valence-corrected chi connectivity index (χ2v) is 8.80. The van der Waals surface area contributed by atoms with Gasteiger partial charge in [-0.15, -0.1) is 0 Å². The summed E-state index contributed by atoms with van der Waals surface area (Å²) in [7, 11) is 2.95. The van der Waals surface area contributed by atoms with Crippen LogP contribution in [0.15, 0.2) is 44.7 Å². The number of aromatic nitrogens is 2. The molecule has 3 aromatic rings. The predicted octanol–water partition coefficient (Wildman–Crippen LogP) is 4.34. The molecule has 0 unspecified atom stereocenters. The third-order valence-corrected chi connectivity index (χ3v) is 5.35. The van der Waals surface area contributed by atoms with E-state index < -0.39 is 5.97 Å². The number of carbonyl (C=O) groups is 1. The van der Waals surface area contributed by atoms with Crippen LogP contribution in [0.2, 0.25) is 0 Å². The largest absolute Gasteiger partial charge is 0.493 e. The van der Waals surface area contributed by atoms with Crippen LogP contribution in [0.1, 0.15) is 38.6 Å². The maximum absolute atomic E-state index is 13.2. The zero-order chi connectivity index (χ0) is 25.5. The average Bonchev–Trinajstić information content (AvgIpc) is 2.82. The van der Waals surface area contributed by atoms with Gasteiger partial charge in [0.05, 0.1) is 37.4 Å². The molecule has 0 spiro atoms. The van der Waals surface area contributed by atoms with Crippen LogP contribution in [-0.2, 0) is 16.0 Å². The highest BCUT2D eigenvalue weighted by molar-refractivity contribution is 9.10. The van der Waals surface area contributed by atoms with E-state index in [2.05, 4.69) is 26.0 Å². The highest BCUT2D eigenvalue weighted by Gasteiger charge is 2.17. The van der Waals surface area contributed by atoms with E-state index >= 15 is 0 Å². The number of methoxy groups -OCH3 is 2. The fraction of sp³-hybridized carbons (Fsp3) is 0.360. The molecule has 0 aliphatic heterocycles. The number of aryl methyl sites for hydroxylation is 1. The molecule has 2 aromatic carbocycles. The van der Waals surface area contributed by atoms with Crippen LogP contribution < -0.4 is 19.8 Å². The first-order chi connectivity index (χ1) is 16.8. The minimum atomic E-state index is -0.506. The van der Waals surface area contributed by atoms with Gasteiger partial charge in [-0.1, -0.05) is 22.9 Å². The fourth-order valence-electron chi connectivity index (χ4n) is 3.37. The first-order valence-corrected chi connectivity index (χ1v) is 11.9. The molecule has 0 saturated heterocycles. The minimum absolute atomic E-state index is 0.250. The number of hydrogen-bond acceptors (Lipinski definition) is 8. The number of hydrogen-bond donors (Lipinski definition) is 0. The van der Waals surface area contributed by atoms with Gasteiger partial charge in [0, 0.05) is 16.5 Å². The highest BCUT2D eigenvalue weighted by Crippen LogP contribution is 2.38. The Morgan fingerprint density at radius 3 is 2.46 bits per heavy atom. The van der Waals surface area contributed by atoms with Gasteiger partial charge >= 0.3 is 5.97 Å². The number of benzene rings is 2. The van der Waals surface area contributed by atoms with E-state index in [1.165, 1.54) is 25.1 Å². The van der Waals surface area contributed by atoms with E-state index in [0.29, 0.717) is 40.2 Å². The number of ether oxygens (including phenoxy) is 4. The lowest BCUT2D eigenvalue weighted by Gasteiger charge is -2.15. The number of esters is 1. The molecule has 0 amide bonds. The first-order valence-electron chi connectivity index (χ1n) is 11.1. The van der Waals surface area contributed by atoms with Crippen LogP contribution in [0.5, 0.6) is 17.2 Å². The van der Waals surface area contributed by atoms with Crippen molar-refractivity contribution in [1.29, 1.82) is 0 Å². The van der Waals surface area contributed by atoms with E-state index in [1.807, 2.05) is 13.0 Å². The lowest BCUT2D eigenvalue weighted by molar-refractivity contribution is -0.149. The summed E-state index contributed by atoms with van der Waals surface area (Å²) in [5.74, 6) is 0.989. The van der Waals surface area contributed by atoms with Crippen LogP contribution in [0, 0.1) is 0 Å². The van der Waals surface area contributed by atoms with Crippen molar-refractivity contribution < 1.29 is 23.7 Å². The number of halogens is 1. The van der Waals surface area contributed by atoms with Gasteiger partial charge in [-0.05, 0) is 50.6 Å². The van der Waals surface area contributed by atoms with E-state index in [9.17, 15) is 9.59 Å². The standard InChI is InChI=1S/C25H28BrN3O6/c1-6-7-22-28-19-9-8-17(26)12-18(19)25(31)29(22)27-13-16-10-20(32-4)24(21(11-16)33-5)34-14-23(30)35-15(2)3/h8-13,15H,6-7,14H2,1-5H3. The number of carbonyl (C=O) groups excluding carboxylic acids is 1. The molecule has 0 aliphatic rings. The molecule has 0 aliphatic carbocycles. The van der Waals surface area contributed by atoms with Gasteiger partial charge in [-0.25, -0.2) is 9.78 Å². The zero-order valence-electron chi connectivity index (χ0n) is 20.3. The van der Waals surface area contributed by atoms with Gasteiger partial charge in [0.1, 0.15) is 5.82 Å². The molecule has 9 nitrogen and oxygen atoms in total. The first kappa shape index (κ1) is 26.2. The van der Waals surface area contributed by atoms with Crippen molar-refractivity contribution in [2.45, 2.75) is 39.7 Å². The molecule has 0 fully saturated rings. The Labute approximate surface area is 211 Å². The molecule has 0 atom stereocenters. The van der Waals surface area contributed by atoms with Gasteiger partial charge in [0.2, 0.25) is 5.75 Å². The Bertz CT molecular complexity index is 1280. The Hall–Kier alpha value is -3.40. The van der Waals surface area contributed by atoms with Crippen LogP contribution in [0.3, 0.4) is 0 Å². The Kier molecular flexibility index (Phi) is 8.86. The third-order valence-electron chi connectivity index (χ3n) is 4.86. The van der Waals surface area contributed by atoms with Crippen molar-refractivity contribution in [3.8, 4) is 17.2 Å². The molecule has 0 bridgehead atoms. The molecule has 0 radical (unpaired) electrons. The summed E-state index contributed by atoms with van der Waals surface area (Å²) in [4.78, 5) is 29.7. The lowest BCUT2D eigenvalue weighted by atomic mass is 10.2. The van der Waals surface area contributed by atoms with Crippen LogP contribution in [0.4, 0.5) is 0 Å². The van der Waals surface area contributed by atoms with E-state index in [4.69, 9.17) is 18.9 Å². The molecule has 1 aromatic heterocycles. The average molecular weight is 546 g/mol. The maximum atomic E-state index is 13.2. The zero-order valence-corrected chi connectivity index (χ0v) is 21.9. The highest BCUT2D eigenvalue weighted by atomic mass is 79.9. The van der Waals surface area contributed by atoms with E-state index in [-0.39, 0.29) is 24.0 Å². The second kappa shape index (κ2) is 11.8. The molecule has 10 heteroatoms. The number of nitrogens with zero attached hydrogens (tertiary/aromatic N) is 3. The van der Waals surface area contributed by atoms with Crippen LogP contribution in [-0.4, -0.2) is 48.8 Å². The van der Waals surface area contributed by atoms with E-state index in [1.54, 1.807) is 38.1 Å². The van der Waals surface area contributed by atoms with Crippen molar-refractivity contribution in [1.82, 2.24) is 9.66 Å². The maximum Gasteiger partial charge on any atom is 0.344 e. The summed E-state index contributed by atoms with van der Waals surface area (Å²) < 4.78 is 23.7. The topological polar surface area (TPSA) is 101 Å². The van der Waals surface area contributed by atoms with Crippen molar-refractivity contribution in [3.63, 3.8) is 0 Å². The SMILES string of the molecule is CCCc1nc2ccc(Br)cc2c(=O)n1N=Cc1cc(OC)c(OCC(=O)OC(C)C)c(OC)c1. The number of fused-ring (bicyclic) bond motifs is 1. The second-order valence-electron chi connectivity index (χ2n) is 7.88. The van der Waals surface area contributed by atoms with Gasteiger partial charge in [-0.2, -0.15) is 9.78 Å². The quantitative estimate of drug-likeness (QED) is 0.276. The summed E-state index contributed by atoms with van der Waals surface area (Å²) in [5.41, 5.74) is 0.951. The van der Waals surface area contributed by atoms with Gasteiger partial charge < -0.3 is 18.9 Å². The third kappa shape index (κ3) is 6.39. The Balaban J connectivity index is 1.99. The summed E-state index contributed by atoms with van der Waals surface area (Å²) in [6, 6.07) is 8.73. The molecular weight excluding hydrogens is 518 g/mol. The lowest BCUT2D eigenvalue weighted by Crippen LogP contribution is -2.22. The summed E-state index contributed by atoms with van der Waals surface area (Å²) in [5, 5.41) is 4.90. The van der Waals surface area contributed by atoms with Gasteiger partial charge in [0.25, 0.3) is 5.56 Å². The monoisotopic (exact) mass is 545 g/mol. The van der Waals surface area contributed by atoms with Crippen molar-refractivity contribution in [2.75, 3.05) is 20.8 Å². The van der Waals surface area contributed by atoms with Crippen molar-refractivity contribution >= 4 is 39.0 Å². The molecular formula is C25H28BrN3O6. The smallest absolute Gasteiger partial charge is 0.344 e. The van der Waals surface area contributed by atoms with Gasteiger partial charge in [-0.3, -0.25) is 4.79 Å². The van der Waals surface area contributed by atoms with Gasteiger partial charge in [0.15, 0.2) is 18.1 Å². The fourth-order valence-corrected chi connectivity index (χ4v) is 3.73. The molecule has 0 saturated carbocycles. The van der Waals surface area contributed by atoms with E-state index in [0.717, 1.165) is 10.9 Å². The Morgan fingerprint density at radius 1 is 1.17 bits per heavy atom. The predicted molar refractivity (Wildman–Crippen MR) is 137 cm³/mol. The van der Waals surface area contributed by atoms with Crippen LogP contribution in [0.25, 0.3) is 10.9 Å². The summed E-state index contributed by atoms with van der Waals surface area (Å²) >= 11 is 3.40. The molecule has 35 heavy (non-hydrogen) atoms. The van der Waals surface area contributed by atoms with Crippen molar-refractivity contribution in [3.05, 3.63) is 56.5 Å². The summed E-state index contributed by atoms with van der Waals surface area (Å²) in [6.07, 6.45) is 2.66. The molecule has 0 N–H and O–H groups in total. The molecule has 1 heterocycles. The minimum Gasteiger partial charge on any atom is -0.493 e. The van der Waals surface area contributed by atoms with Crippen LogP contribution >= 0.6 is 15.9 Å². The van der Waals surface area contributed by atoms with Crippen molar-refractivity contribution in [2.24, 2.45) is 5.10 Å². The Morgan fingerprint density at radius 2 is 1.86 bits per heavy atom.